The van der Waals surface area contributed by atoms with Crippen LogP contribution in [0.15, 0.2) is 212 Å². The highest BCUT2D eigenvalue weighted by atomic mass is 16.5. The van der Waals surface area contributed by atoms with Gasteiger partial charge < -0.3 is 57.2 Å². The molecule has 16 rings (SSSR count). The van der Waals surface area contributed by atoms with Crippen molar-refractivity contribution in [1.82, 2.24) is 39.9 Å². The summed E-state index contributed by atoms with van der Waals surface area (Å²) in [5, 5.41) is 4.06. The number of amides is 1. The monoisotopic (exact) mass is 1600 g/mol. The van der Waals surface area contributed by atoms with Gasteiger partial charge in [0.15, 0.2) is 46.3 Å². The van der Waals surface area contributed by atoms with Gasteiger partial charge in [-0.15, -0.1) is 0 Å². The third-order valence-electron chi connectivity index (χ3n) is 20.6. The summed E-state index contributed by atoms with van der Waals surface area (Å²) >= 11 is 0. The zero-order valence-corrected chi connectivity index (χ0v) is 70.0. The molecule has 8 aromatic carbocycles. The summed E-state index contributed by atoms with van der Waals surface area (Å²) in [5.41, 5.74) is 18.5. The Labute approximate surface area is 690 Å². The number of fused-ring (bicyclic) bond motifs is 8. The molecule has 0 unspecified atom stereocenters. The normalized spacial score (nSPS) is 11.4. The van der Waals surface area contributed by atoms with Crippen molar-refractivity contribution >= 4 is 135 Å². The maximum Gasteiger partial charge on any atom is 0.338 e. The van der Waals surface area contributed by atoms with Gasteiger partial charge in [-0.1, -0.05) is 100.0 Å². The molecule has 1 amide bonds. The van der Waals surface area contributed by atoms with E-state index >= 15 is 0 Å². The van der Waals surface area contributed by atoms with Gasteiger partial charge in [-0.25, -0.2) is 54.3 Å². The Kier molecular flexibility index (Phi) is 25.7. The first-order valence-electron chi connectivity index (χ1n) is 40.2. The lowest BCUT2D eigenvalue weighted by Crippen LogP contribution is -2.27. The number of ether oxygens (including phenoxy) is 3. The Morgan fingerprint density at radius 1 is 0.336 bits per heavy atom. The molecule has 119 heavy (non-hydrogen) atoms. The van der Waals surface area contributed by atoms with E-state index < -0.39 is 5.91 Å². The van der Waals surface area contributed by atoms with Crippen molar-refractivity contribution in [2.24, 2.45) is 11.7 Å². The molecule has 8 heterocycles. The minimum Gasteiger partial charge on any atom is -0.462 e. The molecule has 0 atom stereocenters. The summed E-state index contributed by atoms with van der Waals surface area (Å²) in [6.45, 7) is 25.9. The van der Waals surface area contributed by atoms with Crippen molar-refractivity contribution in [2.75, 3.05) is 67.6 Å². The SMILES string of the molecule is CC(C)CCOC(=O)c1ccc2nc(-c3cc4ccccc4o3)c(N(C)C(C)C)nc2c1.CC(C)N(C)c1nc2cc(C(N)=O)ccc2nc1-c1cc2ccccc2o1.CCCCOC(=O)c1ccc2nc(-c3cc4ccccc4o3)c(N(C)C(C)C)nc2c1.CCOC(=O)c1ccc2nc(-c3cc4ccccc4o3)c(N(C)C(C)C)nc2c1. The van der Waals surface area contributed by atoms with Crippen molar-refractivity contribution in [3.8, 4) is 45.8 Å². The van der Waals surface area contributed by atoms with E-state index in [9.17, 15) is 19.2 Å². The van der Waals surface area contributed by atoms with Gasteiger partial charge >= 0.3 is 17.9 Å². The van der Waals surface area contributed by atoms with Crippen LogP contribution >= 0.6 is 0 Å². The van der Waals surface area contributed by atoms with Gasteiger partial charge in [-0.05, 0) is 202 Å². The van der Waals surface area contributed by atoms with Gasteiger partial charge in [0.25, 0.3) is 0 Å². The number of primary amides is 1. The van der Waals surface area contributed by atoms with E-state index in [2.05, 4.69) is 86.0 Å². The van der Waals surface area contributed by atoms with Crippen LogP contribution in [0, 0.1) is 5.92 Å². The molecule has 0 radical (unpaired) electrons. The number of anilines is 4. The molecular formula is C95H99N13O11. The lowest BCUT2D eigenvalue weighted by molar-refractivity contribution is 0.0482. The van der Waals surface area contributed by atoms with Crippen LogP contribution in [0.4, 0.5) is 23.3 Å². The predicted octanol–water partition coefficient (Wildman–Crippen LogP) is 21.0. The van der Waals surface area contributed by atoms with Gasteiger partial charge in [-0.3, -0.25) is 4.79 Å². The smallest absolute Gasteiger partial charge is 0.338 e. The number of hydrogen-bond donors (Lipinski definition) is 1. The lowest BCUT2D eigenvalue weighted by atomic mass is 10.1. The zero-order chi connectivity index (χ0) is 84.5. The van der Waals surface area contributed by atoms with Crippen LogP contribution in [0.5, 0.6) is 0 Å². The number of unbranched alkanes of at least 4 members (excludes halogenated alkanes) is 1. The maximum absolute atomic E-state index is 12.5. The first-order valence-corrected chi connectivity index (χ1v) is 40.2. The molecule has 24 nitrogen and oxygen atoms in total. The molecule has 2 N–H and O–H groups in total. The summed E-state index contributed by atoms with van der Waals surface area (Å²) in [4.78, 5) is 95.5. The van der Waals surface area contributed by atoms with E-state index in [1.54, 1.807) is 67.6 Å². The first kappa shape index (κ1) is 83.3. The van der Waals surface area contributed by atoms with E-state index in [1.165, 1.54) is 0 Å². The summed E-state index contributed by atoms with van der Waals surface area (Å²) in [5.74, 6) is 4.42. The van der Waals surface area contributed by atoms with E-state index in [1.807, 2.05) is 171 Å². The van der Waals surface area contributed by atoms with Gasteiger partial charge in [0.05, 0.1) is 80.6 Å². The molecule has 24 heteroatoms. The summed E-state index contributed by atoms with van der Waals surface area (Å²) in [7, 11) is 7.90. The predicted molar refractivity (Wildman–Crippen MR) is 473 cm³/mol. The Hall–Kier alpha value is -13.6. The average molecular weight is 1600 g/mol. The molecule has 0 aliphatic carbocycles. The molecule has 0 spiro atoms. The molecule has 16 aromatic rings. The van der Waals surface area contributed by atoms with Crippen LogP contribution in [0.3, 0.4) is 0 Å². The number of esters is 3. The number of nitrogens with zero attached hydrogens (tertiary/aromatic N) is 12. The Morgan fingerprint density at radius 3 is 0.866 bits per heavy atom. The van der Waals surface area contributed by atoms with Crippen molar-refractivity contribution in [3.63, 3.8) is 0 Å². The minimum atomic E-state index is -0.487. The first-order chi connectivity index (χ1) is 57.2. The highest BCUT2D eigenvalue weighted by Gasteiger charge is 2.27. The van der Waals surface area contributed by atoms with Gasteiger partial charge in [0, 0.05) is 79.5 Å². The third kappa shape index (κ3) is 18.9. The van der Waals surface area contributed by atoms with E-state index in [4.69, 9.17) is 77.5 Å². The van der Waals surface area contributed by atoms with Crippen molar-refractivity contribution < 1.29 is 51.1 Å². The van der Waals surface area contributed by atoms with Crippen LogP contribution in [0.25, 0.3) is 134 Å². The molecule has 0 aliphatic rings. The highest BCUT2D eigenvalue weighted by Crippen LogP contribution is 2.40. The Balaban J connectivity index is 0.000000138. The standard InChI is InChI=1S/C26H29N3O3.C25H27N3O3.C23H23N3O3.C21H20N4O2/c1-16(2)12-13-31-26(30)19-10-11-20-21(14-19)28-25(29(5)17(3)4)24(27-20)23-15-18-8-6-7-9-22(18)32-23;1-5-6-13-30-25(29)18-11-12-19-20(14-18)27-24(28(4)16(2)3)23(26-19)22-15-17-9-7-8-10-21(17)31-22;1-5-28-23(27)16-10-11-17-18(12-16)25-22(26(4)14(2)3)21(24-17)20-13-15-8-6-7-9-19(15)29-20;1-12(2)25(3)21-19(18-11-13-6-4-5-7-17(13)27-18)23-15-9-8-14(20(22)26)10-16(15)24-21/h6-11,14-17H,12-13H2,1-5H3;7-12,14-16H,5-6,13H2,1-4H3;6-14H,5H2,1-4H3;4-12H,1-3H3,(H2,22,26). The van der Waals surface area contributed by atoms with Crippen LogP contribution in [-0.4, -0.2) is 136 Å². The summed E-state index contributed by atoms with van der Waals surface area (Å²) in [6.07, 6.45) is 2.67. The molecule has 8 aromatic heterocycles. The van der Waals surface area contributed by atoms with Gasteiger partial charge in [-0.2, -0.15) is 0 Å². The van der Waals surface area contributed by atoms with E-state index in [0.717, 1.165) is 63.1 Å². The number of hydrogen-bond acceptors (Lipinski definition) is 23. The summed E-state index contributed by atoms with van der Waals surface area (Å²) < 4.78 is 40.2. The molecule has 0 aliphatic heterocycles. The second-order valence-corrected chi connectivity index (χ2v) is 30.7. The fourth-order valence-corrected chi connectivity index (χ4v) is 12.8. The topological polar surface area (TPSA) is 291 Å². The summed E-state index contributed by atoms with van der Waals surface area (Å²) in [6, 6.07) is 61.1. The van der Waals surface area contributed by atoms with E-state index in [0.29, 0.717) is 161 Å². The molecule has 0 saturated heterocycles. The Morgan fingerprint density at radius 2 is 0.605 bits per heavy atom. The van der Waals surface area contributed by atoms with Crippen LogP contribution in [-0.2, 0) is 14.2 Å². The number of aromatic nitrogens is 8. The number of nitrogens with two attached hydrogens (primary N) is 1. The molecule has 610 valence electrons. The number of para-hydroxylation sites is 4. The van der Waals surface area contributed by atoms with Crippen LogP contribution in [0.2, 0.25) is 0 Å². The maximum atomic E-state index is 12.5. The largest absolute Gasteiger partial charge is 0.462 e. The molecule has 0 saturated carbocycles. The number of benzene rings is 8. The number of rotatable bonds is 23. The van der Waals surface area contributed by atoms with Gasteiger partial charge in [0.2, 0.25) is 5.91 Å². The minimum absolute atomic E-state index is 0.203. The fraction of sp³-hybridized carbons (Fsp3) is 0.284. The quantitative estimate of drug-likeness (QED) is 0.0353. The fourth-order valence-electron chi connectivity index (χ4n) is 12.8. The van der Waals surface area contributed by atoms with E-state index in [-0.39, 0.29) is 42.1 Å². The second kappa shape index (κ2) is 36.7. The van der Waals surface area contributed by atoms with Crippen LogP contribution < -0.4 is 25.3 Å². The number of furan rings is 4. The third-order valence-corrected chi connectivity index (χ3v) is 20.6. The number of carbonyl (C=O) groups excluding carboxylic acids is 4. The number of carbonyl (C=O) groups is 4. The molecule has 0 fully saturated rings. The average Bonchev–Trinajstić information content (AvgIpc) is 1.75. The Bertz CT molecular complexity index is 6250. The zero-order valence-electron chi connectivity index (χ0n) is 70.0. The van der Waals surface area contributed by atoms with Crippen molar-refractivity contribution in [2.45, 2.75) is 127 Å². The van der Waals surface area contributed by atoms with Crippen molar-refractivity contribution in [1.29, 1.82) is 0 Å². The molecule has 0 bridgehead atoms. The second-order valence-electron chi connectivity index (χ2n) is 30.7. The van der Waals surface area contributed by atoms with Crippen molar-refractivity contribution in [3.05, 3.63) is 216 Å². The highest BCUT2D eigenvalue weighted by molar-refractivity contribution is 6.00. The lowest BCUT2D eigenvalue weighted by Gasteiger charge is -2.24. The van der Waals surface area contributed by atoms with Crippen LogP contribution in [0.1, 0.15) is 144 Å². The van der Waals surface area contributed by atoms with Gasteiger partial charge in [0.1, 0.15) is 45.1 Å². The molecular weight excluding hydrogens is 1500 g/mol.